The maximum Gasteiger partial charge on any atom is 0.238 e. The third-order valence-electron chi connectivity index (χ3n) is 3.02. The van der Waals surface area contributed by atoms with E-state index in [0.29, 0.717) is 0 Å². The Labute approximate surface area is 96.6 Å². The van der Waals surface area contributed by atoms with Gasteiger partial charge in [0.1, 0.15) is 5.54 Å². The van der Waals surface area contributed by atoms with E-state index >= 15 is 0 Å². The van der Waals surface area contributed by atoms with Gasteiger partial charge < -0.3 is 11.1 Å². The van der Waals surface area contributed by atoms with Crippen LogP contribution in [0.15, 0.2) is 0 Å². The van der Waals surface area contributed by atoms with E-state index in [1.54, 1.807) is 0 Å². The van der Waals surface area contributed by atoms with Gasteiger partial charge in [-0.1, -0.05) is 19.8 Å². The van der Waals surface area contributed by atoms with Crippen molar-refractivity contribution in [2.75, 3.05) is 12.3 Å². The Hall–Kier alpha value is -0.220. The second kappa shape index (κ2) is 5.75. The van der Waals surface area contributed by atoms with Crippen molar-refractivity contribution in [3.8, 4) is 0 Å². The summed E-state index contributed by atoms with van der Waals surface area (Å²) in [4.78, 5) is 11.4. The van der Waals surface area contributed by atoms with E-state index in [-0.39, 0.29) is 5.91 Å². The lowest BCUT2D eigenvalue weighted by Crippen LogP contribution is -2.55. The van der Waals surface area contributed by atoms with Crippen LogP contribution in [0, 0.1) is 0 Å². The minimum atomic E-state index is -0.540. The van der Waals surface area contributed by atoms with Crippen molar-refractivity contribution in [2.45, 2.75) is 50.3 Å². The van der Waals surface area contributed by atoms with Crippen molar-refractivity contribution in [1.29, 1.82) is 0 Å². The highest BCUT2D eigenvalue weighted by Gasteiger charge is 2.31. The Bertz CT molecular complexity index is 217. The van der Waals surface area contributed by atoms with Crippen LogP contribution >= 0.6 is 11.8 Å². The number of nitrogens with one attached hydrogen (secondary N) is 1. The Morgan fingerprint density at radius 2 is 2.13 bits per heavy atom. The number of likely N-dealkylation sites (N-methyl/N-ethyl adjacent to an activating group) is 1. The van der Waals surface area contributed by atoms with E-state index in [1.165, 1.54) is 25.7 Å². The summed E-state index contributed by atoms with van der Waals surface area (Å²) in [6.07, 6.45) is 5.27. The fraction of sp³-hybridized carbons (Fsp3) is 0.909. The van der Waals surface area contributed by atoms with Crippen molar-refractivity contribution < 1.29 is 4.79 Å². The van der Waals surface area contributed by atoms with E-state index in [2.05, 4.69) is 5.32 Å². The molecule has 1 fully saturated rings. The number of amides is 1. The van der Waals surface area contributed by atoms with E-state index in [1.807, 2.05) is 25.6 Å². The van der Waals surface area contributed by atoms with Crippen LogP contribution < -0.4 is 11.1 Å². The zero-order valence-corrected chi connectivity index (χ0v) is 10.5. The van der Waals surface area contributed by atoms with Crippen LogP contribution in [0.4, 0.5) is 0 Å². The van der Waals surface area contributed by atoms with Gasteiger partial charge in [0.05, 0.1) is 0 Å². The summed E-state index contributed by atoms with van der Waals surface area (Å²) >= 11 is 1.90. The molecule has 0 heterocycles. The predicted molar refractivity (Wildman–Crippen MR) is 66.0 cm³/mol. The van der Waals surface area contributed by atoms with E-state index in [4.69, 9.17) is 5.73 Å². The molecule has 1 aliphatic carbocycles. The topological polar surface area (TPSA) is 55.1 Å². The summed E-state index contributed by atoms with van der Waals surface area (Å²) in [5.41, 5.74) is 4.89. The summed E-state index contributed by atoms with van der Waals surface area (Å²) in [5.74, 6) is 0.552. The monoisotopic (exact) mass is 230 g/mol. The van der Waals surface area contributed by atoms with Crippen molar-refractivity contribution in [2.24, 2.45) is 5.73 Å². The number of primary amides is 1. The first-order valence-electron chi connectivity index (χ1n) is 5.75. The molecule has 1 amide bonds. The molecule has 0 aromatic heterocycles. The molecule has 0 spiro atoms. The molecule has 1 saturated carbocycles. The SMILES string of the molecule is CCNC(C)(CSC1CCCC1)C(N)=O. The number of carbonyl (C=O) groups is 1. The standard InChI is InChI=1S/C11H22N2OS/c1-3-13-11(2,10(12)14)8-15-9-6-4-5-7-9/h9,13H,3-8H2,1-2H3,(H2,12,14). The molecular weight excluding hydrogens is 208 g/mol. The Morgan fingerprint density at radius 3 is 2.60 bits per heavy atom. The third-order valence-corrected chi connectivity index (χ3v) is 4.71. The van der Waals surface area contributed by atoms with Gasteiger partial charge in [0.2, 0.25) is 5.91 Å². The average molecular weight is 230 g/mol. The lowest BCUT2D eigenvalue weighted by Gasteiger charge is -2.27. The minimum absolute atomic E-state index is 0.241. The van der Waals surface area contributed by atoms with E-state index in [9.17, 15) is 4.79 Å². The second-order valence-corrected chi connectivity index (χ2v) is 5.73. The van der Waals surface area contributed by atoms with Gasteiger partial charge in [-0.15, -0.1) is 0 Å². The van der Waals surface area contributed by atoms with Crippen LogP contribution in [0.2, 0.25) is 0 Å². The first-order chi connectivity index (χ1) is 7.08. The molecular formula is C11H22N2OS. The first-order valence-corrected chi connectivity index (χ1v) is 6.80. The van der Waals surface area contributed by atoms with E-state index < -0.39 is 5.54 Å². The van der Waals surface area contributed by atoms with Gasteiger partial charge in [0.25, 0.3) is 0 Å². The summed E-state index contributed by atoms with van der Waals surface area (Å²) in [6, 6.07) is 0. The fourth-order valence-electron chi connectivity index (χ4n) is 1.94. The number of thioether (sulfide) groups is 1. The number of hydrogen-bond donors (Lipinski definition) is 2. The Morgan fingerprint density at radius 1 is 1.53 bits per heavy atom. The number of carbonyl (C=O) groups excluding carboxylic acids is 1. The van der Waals surface area contributed by atoms with Gasteiger partial charge in [0.15, 0.2) is 0 Å². The van der Waals surface area contributed by atoms with Gasteiger partial charge in [-0.25, -0.2) is 0 Å². The predicted octanol–water partition coefficient (Wildman–Crippen LogP) is 1.52. The fourth-order valence-corrected chi connectivity index (χ4v) is 3.42. The van der Waals surface area contributed by atoms with Crippen molar-refractivity contribution in [3.05, 3.63) is 0 Å². The van der Waals surface area contributed by atoms with Crippen LogP contribution in [-0.2, 0) is 4.79 Å². The summed E-state index contributed by atoms with van der Waals surface area (Å²) < 4.78 is 0. The molecule has 0 aliphatic heterocycles. The molecule has 3 nitrogen and oxygen atoms in total. The molecule has 1 atom stereocenters. The Balaban J connectivity index is 2.40. The smallest absolute Gasteiger partial charge is 0.238 e. The van der Waals surface area contributed by atoms with Gasteiger partial charge in [-0.05, 0) is 26.3 Å². The number of hydrogen-bond acceptors (Lipinski definition) is 3. The largest absolute Gasteiger partial charge is 0.368 e. The normalized spacial score (nSPS) is 21.5. The van der Waals surface area contributed by atoms with E-state index in [0.717, 1.165) is 17.5 Å². The highest BCUT2D eigenvalue weighted by atomic mass is 32.2. The van der Waals surface area contributed by atoms with Crippen LogP contribution in [0.1, 0.15) is 39.5 Å². The summed E-state index contributed by atoms with van der Waals surface area (Å²) in [6.45, 7) is 4.69. The maximum absolute atomic E-state index is 11.4. The maximum atomic E-state index is 11.4. The average Bonchev–Trinajstić information content (AvgIpc) is 2.67. The Kier molecular flexibility index (Phi) is 4.93. The van der Waals surface area contributed by atoms with Crippen molar-refractivity contribution >= 4 is 17.7 Å². The highest BCUT2D eigenvalue weighted by Crippen LogP contribution is 2.31. The summed E-state index contributed by atoms with van der Waals surface area (Å²) in [5, 5.41) is 3.93. The minimum Gasteiger partial charge on any atom is -0.368 e. The molecule has 0 radical (unpaired) electrons. The van der Waals surface area contributed by atoms with Crippen LogP contribution in [-0.4, -0.2) is 29.0 Å². The molecule has 1 unspecified atom stereocenters. The lowest BCUT2D eigenvalue weighted by molar-refractivity contribution is -0.122. The first kappa shape index (κ1) is 12.8. The molecule has 15 heavy (non-hydrogen) atoms. The quantitative estimate of drug-likeness (QED) is 0.727. The molecule has 0 saturated heterocycles. The van der Waals surface area contributed by atoms with Crippen LogP contribution in [0.25, 0.3) is 0 Å². The molecule has 0 aromatic rings. The summed E-state index contributed by atoms with van der Waals surface area (Å²) in [7, 11) is 0. The van der Waals surface area contributed by atoms with Gasteiger partial charge >= 0.3 is 0 Å². The van der Waals surface area contributed by atoms with Gasteiger partial charge in [-0.3, -0.25) is 4.79 Å². The molecule has 0 aromatic carbocycles. The molecule has 0 bridgehead atoms. The molecule has 1 aliphatic rings. The molecule has 3 N–H and O–H groups in total. The molecule has 88 valence electrons. The third kappa shape index (κ3) is 3.68. The van der Waals surface area contributed by atoms with Crippen LogP contribution in [0.5, 0.6) is 0 Å². The molecule has 1 rings (SSSR count). The van der Waals surface area contributed by atoms with Crippen LogP contribution in [0.3, 0.4) is 0 Å². The van der Waals surface area contributed by atoms with Gasteiger partial charge in [-0.2, -0.15) is 11.8 Å². The molecule has 4 heteroatoms. The highest BCUT2D eigenvalue weighted by molar-refractivity contribution is 8.00. The second-order valence-electron chi connectivity index (χ2n) is 4.44. The lowest BCUT2D eigenvalue weighted by atomic mass is 10.1. The zero-order valence-electron chi connectivity index (χ0n) is 9.71. The number of nitrogens with two attached hydrogens (primary N) is 1. The van der Waals surface area contributed by atoms with Crippen molar-refractivity contribution in [3.63, 3.8) is 0 Å². The zero-order chi connectivity index (χ0) is 11.3. The number of rotatable bonds is 6. The van der Waals surface area contributed by atoms with Gasteiger partial charge in [0, 0.05) is 11.0 Å². The van der Waals surface area contributed by atoms with Crippen molar-refractivity contribution in [1.82, 2.24) is 5.32 Å².